The molecule has 5 nitrogen and oxygen atoms in total. The number of benzene rings is 1. The number of carbonyl (C=O) groups is 2. The largest absolute Gasteiger partial charge is 0.491 e. The molecule has 4 aliphatic rings. The van der Waals surface area contributed by atoms with Crippen LogP contribution in [0.3, 0.4) is 0 Å². The van der Waals surface area contributed by atoms with Crippen molar-refractivity contribution < 1.29 is 19.4 Å². The number of aliphatic carboxylic acids is 1. The van der Waals surface area contributed by atoms with Gasteiger partial charge in [0, 0.05) is 25.4 Å². The van der Waals surface area contributed by atoms with E-state index in [0.29, 0.717) is 22.9 Å². The molecule has 1 heterocycles. The number of halogens is 1. The van der Waals surface area contributed by atoms with Gasteiger partial charge < -0.3 is 19.5 Å². The molecule has 0 radical (unpaired) electrons. The molecule has 1 aliphatic heterocycles. The van der Waals surface area contributed by atoms with Crippen LogP contribution >= 0.6 is 11.6 Å². The van der Waals surface area contributed by atoms with Crippen LogP contribution in [0.25, 0.3) is 0 Å². The van der Waals surface area contributed by atoms with Gasteiger partial charge in [0.25, 0.3) is 0 Å². The van der Waals surface area contributed by atoms with Gasteiger partial charge in [0.15, 0.2) is 0 Å². The summed E-state index contributed by atoms with van der Waals surface area (Å²) in [6, 6.07) is 8.22. The summed E-state index contributed by atoms with van der Waals surface area (Å²) in [6.45, 7) is 2.80. The van der Waals surface area contributed by atoms with Gasteiger partial charge in [-0.1, -0.05) is 29.8 Å². The van der Waals surface area contributed by atoms with E-state index < -0.39 is 5.97 Å². The fourth-order valence-electron chi connectivity index (χ4n) is 4.78. The number of ether oxygens (including phenoxy) is 1. The highest BCUT2D eigenvalue weighted by molar-refractivity contribution is 6.33. The van der Waals surface area contributed by atoms with E-state index in [1.165, 1.54) is 17.7 Å². The first-order chi connectivity index (χ1) is 15.6. The second-order valence-electron chi connectivity index (χ2n) is 8.85. The highest BCUT2D eigenvalue weighted by atomic mass is 35.5. The van der Waals surface area contributed by atoms with Crippen molar-refractivity contribution in [3.05, 3.63) is 58.2 Å². The van der Waals surface area contributed by atoms with E-state index in [1.807, 2.05) is 12.1 Å². The third kappa shape index (κ3) is 5.09. The number of fused-ring (bicyclic) bond motifs is 2. The number of nitrogens with zero attached hydrogens (tertiary/aromatic N) is 1. The molecular weight excluding hydrogens is 426 g/mol. The summed E-state index contributed by atoms with van der Waals surface area (Å²) in [4.78, 5) is 24.1. The van der Waals surface area contributed by atoms with Gasteiger partial charge >= 0.3 is 5.97 Å². The standard InChI is InChI=1S/C15H19NO2.C11H11ClO2/c17-11-13-7-6-12(13)10-16-8-3-9-18-15-5-2-1-4-14(15)16;12-10-6-8-4-2-1-3-7(8)5-9(10)11(13)14/h1-2,4-5,11-13H,3,6-10H2;3,6H,1-2,4-5H2,(H,13,14)/t12-,13-;/m0./s1. The molecular formula is C26H30ClNO4. The monoisotopic (exact) mass is 455 g/mol. The van der Waals surface area contributed by atoms with Gasteiger partial charge in [-0.2, -0.15) is 0 Å². The summed E-state index contributed by atoms with van der Waals surface area (Å²) in [7, 11) is 0. The summed E-state index contributed by atoms with van der Waals surface area (Å²) < 4.78 is 5.75. The minimum atomic E-state index is -0.906. The minimum Gasteiger partial charge on any atom is -0.491 e. The number of carbonyl (C=O) groups excluding carboxylic acids is 1. The maximum Gasteiger partial charge on any atom is 0.333 e. The van der Waals surface area contributed by atoms with Crippen LogP contribution in [0.4, 0.5) is 5.69 Å². The second-order valence-corrected chi connectivity index (χ2v) is 9.26. The van der Waals surface area contributed by atoms with Crippen molar-refractivity contribution in [3.63, 3.8) is 0 Å². The number of anilines is 1. The molecule has 170 valence electrons. The Morgan fingerprint density at radius 2 is 2.06 bits per heavy atom. The first kappa shape index (κ1) is 22.7. The van der Waals surface area contributed by atoms with Gasteiger partial charge in [-0.15, -0.1) is 0 Å². The van der Waals surface area contributed by atoms with Crippen molar-refractivity contribution >= 4 is 29.5 Å². The lowest BCUT2D eigenvalue weighted by Gasteiger charge is -2.37. The van der Waals surface area contributed by atoms with E-state index in [-0.39, 0.29) is 5.92 Å². The quantitative estimate of drug-likeness (QED) is 0.607. The van der Waals surface area contributed by atoms with Gasteiger partial charge in [-0.25, -0.2) is 4.79 Å². The van der Waals surface area contributed by atoms with Crippen LogP contribution in [0, 0.1) is 11.8 Å². The third-order valence-electron chi connectivity index (χ3n) is 6.81. The lowest BCUT2D eigenvalue weighted by atomic mass is 9.74. The second kappa shape index (κ2) is 10.4. The fourth-order valence-corrected chi connectivity index (χ4v) is 5.05. The zero-order valence-corrected chi connectivity index (χ0v) is 19.0. The Kier molecular flexibility index (Phi) is 7.36. The van der Waals surface area contributed by atoms with E-state index in [4.69, 9.17) is 21.4 Å². The number of rotatable bonds is 4. The average molecular weight is 456 g/mol. The Labute approximate surface area is 194 Å². The Morgan fingerprint density at radius 1 is 1.22 bits per heavy atom. The van der Waals surface area contributed by atoms with Crippen LogP contribution in [0.2, 0.25) is 0 Å². The summed E-state index contributed by atoms with van der Waals surface area (Å²) in [5.41, 5.74) is 3.87. The van der Waals surface area contributed by atoms with Gasteiger partial charge in [0.2, 0.25) is 0 Å². The molecule has 6 heteroatoms. The first-order valence-corrected chi connectivity index (χ1v) is 11.9. The minimum absolute atomic E-state index is 0.279. The Balaban J connectivity index is 0.000000158. The normalized spacial score (nSPS) is 24.2. The molecule has 3 aliphatic carbocycles. The molecule has 0 bridgehead atoms. The predicted molar refractivity (Wildman–Crippen MR) is 126 cm³/mol. The number of aldehydes is 1. The van der Waals surface area contributed by atoms with E-state index >= 15 is 0 Å². The number of carboxylic acid groups (broad SMARTS) is 1. The number of hydrogen-bond donors (Lipinski definition) is 1. The molecule has 5 rings (SSSR count). The highest BCUT2D eigenvalue weighted by Gasteiger charge is 2.32. The SMILES string of the molecule is O=C(O)C1=C(Cl)C=C2CCCC=C2C1.O=C[C@@H]1CC[C@H]1CN1CCCOc2ccccc21. The summed E-state index contributed by atoms with van der Waals surface area (Å²) >= 11 is 5.89. The molecule has 32 heavy (non-hydrogen) atoms. The average Bonchev–Trinajstić information content (AvgIpc) is 2.99. The number of carboxylic acids is 1. The van der Waals surface area contributed by atoms with Crippen LogP contribution < -0.4 is 9.64 Å². The number of para-hydroxylation sites is 2. The first-order valence-electron chi connectivity index (χ1n) is 11.5. The van der Waals surface area contributed by atoms with E-state index in [1.54, 1.807) is 6.08 Å². The van der Waals surface area contributed by atoms with Crippen LogP contribution in [0.5, 0.6) is 5.75 Å². The van der Waals surface area contributed by atoms with Crippen molar-refractivity contribution in [1.29, 1.82) is 0 Å². The molecule has 0 spiro atoms. The molecule has 0 unspecified atom stereocenters. The van der Waals surface area contributed by atoms with Crippen LogP contribution in [0.15, 0.2) is 58.2 Å². The lowest BCUT2D eigenvalue weighted by Crippen LogP contribution is -2.39. The van der Waals surface area contributed by atoms with Gasteiger partial charge in [0.1, 0.15) is 12.0 Å². The molecule has 1 N–H and O–H groups in total. The summed E-state index contributed by atoms with van der Waals surface area (Å²) in [6.07, 6.45) is 12.1. The van der Waals surface area contributed by atoms with Crippen LogP contribution in [-0.2, 0) is 9.59 Å². The van der Waals surface area contributed by atoms with Crippen molar-refractivity contribution in [2.45, 2.75) is 44.9 Å². The van der Waals surface area contributed by atoms with Crippen molar-refractivity contribution in [2.75, 3.05) is 24.6 Å². The van der Waals surface area contributed by atoms with Gasteiger partial charge in [-0.3, -0.25) is 0 Å². The molecule has 0 amide bonds. The predicted octanol–water partition coefficient (Wildman–Crippen LogP) is 5.50. The zero-order valence-electron chi connectivity index (χ0n) is 18.3. The Hall–Kier alpha value is -2.53. The van der Waals surface area contributed by atoms with Gasteiger partial charge in [-0.05, 0) is 73.8 Å². The van der Waals surface area contributed by atoms with E-state index in [0.717, 1.165) is 69.4 Å². The number of hydrogen-bond acceptors (Lipinski definition) is 4. The maximum absolute atomic E-state index is 10.9. The smallest absolute Gasteiger partial charge is 0.333 e. The third-order valence-corrected chi connectivity index (χ3v) is 7.15. The Morgan fingerprint density at radius 3 is 2.81 bits per heavy atom. The molecule has 0 aromatic heterocycles. The topological polar surface area (TPSA) is 66.8 Å². The molecule has 0 saturated heterocycles. The number of allylic oxidation sites excluding steroid dienone is 5. The lowest BCUT2D eigenvalue weighted by molar-refractivity contribution is -0.132. The Bertz CT molecular complexity index is 964. The van der Waals surface area contributed by atoms with Crippen LogP contribution in [-0.4, -0.2) is 37.1 Å². The van der Waals surface area contributed by atoms with Crippen molar-refractivity contribution in [1.82, 2.24) is 0 Å². The molecule has 1 aromatic rings. The van der Waals surface area contributed by atoms with E-state index in [2.05, 4.69) is 23.1 Å². The molecule has 1 aromatic carbocycles. The fraction of sp³-hybridized carbons (Fsp3) is 0.462. The maximum atomic E-state index is 10.9. The molecule has 2 atom stereocenters. The van der Waals surface area contributed by atoms with E-state index in [9.17, 15) is 9.59 Å². The molecule has 1 fully saturated rings. The summed E-state index contributed by atoms with van der Waals surface area (Å²) in [5, 5.41) is 9.30. The van der Waals surface area contributed by atoms with Crippen LogP contribution in [0.1, 0.15) is 44.9 Å². The van der Waals surface area contributed by atoms with Crippen molar-refractivity contribution in [2.24, 2.45) is 11.8 Å². The summed E-state index contributed by atoms with van der Waals surface area (Å²) in [5.74, 6) is 0.892. The zero-order chi connectivity index (χ0) is 22.5. The highest BCUT2D eigenvalue weighted by Crippen LogP contribution is 2.38. The molecule has 1 saturated carbocycles. The van der Waals surface area contributed by atoms with Crippen molar-refractivity contribution in [3.8, 4) is 5.75 Å². The van der Waals surface area contributed by atoms with Gasteiger partial charge in [0.05, 0.1) is 22.9 Å².